The molecule has 0 saturated carbocycles. The van der Waals surface area contributed by atoms with Crippen LogP contribution < -0.4 is 4.74 Å². The number of hydrogen-bond acceptors (Lipinski definition) is 2. The van der Waals surface area contributed by atoms with Crippen LogP contribution >= 0.6 is 34.8 Å². The minimum absolute atomic E-state index is 0.0291. The number of carboxylic acid groups (broad SMARTS) is 1. The number of halogens is 3. The first-order chi connectivity index (χ1) is 8.97. The fourth-order valence-electron chi connectivity index (χ4n) is 1.43. The fraction of sp³-hybridized carbons (Fsp3) is 0. The van der Waals surface area contributed by atoms with Crippen LogP contribution in [0.2, 0.25) is 15.1 Å². The van der Waals surface area contributed by atoms with Crippen molar-refractivity contribution in [2.45, 2.75) is 0 Å². The van der Waals surface area contributed by atoms with Gasteiger partial charge in [0.05, 0.1) is 10.0 Å². The van der Waals surface area contributed by atoms with E-state index >= 15 is 0 Å². The molecule has 0 bridgehead atoms. The molecule has 0 fully saturated rings. The van der Waals surface area contributed by atoms with Crippen molar-refractivity contribution < 1.29 is 14.6 Å². The minimum Gasteiger partial charge on any atom is -0.478 e. The summed E-state index contributed by atoms with van der Waals surface area (Å²) in [6.45, 7) is 0. The molecule has 0 heterocycles. The molecule has 0 aliphatic heterocycles. The van der Waals surface area contributed by atoms with Crippen LogP contribution in [0.5, 0.6) is 11.5 Å². The van der Waals surface area contributed by atoms with Crippen molar-refractivity contribution in [3.63, 3.8) is 0 Å². The van der Waals surface area contributed by atoms with Gasteiger partial charge in [-0.05, 0) is 30.3 Å². The van der Waals surface area contributed by atoms with E-state index in [2.05, 4.69) is 0 Å². The largest absolute Gasteiger partial charge is 0.478 e. The highest BCUT2D eigenvalue weighted by Gasteiger charge is 2.13. The van der Waals surface area contributed by atoms with Crippen LogP contribution in [-0.4, -0.2) is 11.1 Å². The Balaban J connectivity index is 2.37. The van der Waals surface area contributed by atoms with Crippen LogP contribution in [-0.2, 0) is 0 Å². The molecule has 2 aromatic carbocycles. The second kappa shape index (κ2) is 5.70. The Bertz CT molecular complexity index is 641. The molecule has 98 valence electrons. The Hall–Kier alpha value is -1.42. The predicted molar refractivity (Wildman–Crippen MR) is 74.9 cm³/mol. The molecule has 2 rings (SSSR count). The maximum absolute atomic E-state index is 11.1. The third-order valence-electron chi connectivity index (χ3n) is 2.29. The third kappa shape index (κ3) is 3.32. The first-order valence-corrected chi connectivity index (χ1v) is 6.26. The SMILES string of the molecule is O=C(O)c1cc(Cl)ccc1Oc1ccc(Cl)c(Cl)c1. The molecule has 0 radical (unpaired) electrons. The van der Waals surface area contributed by atoms with Gasteiger partial charge >= 0.3 is 5.97 Å². The second-order valence-electron chi connectivity index (χ2n) is 3.62. The van der Waals surface area contributed by atoms with E-state index in [0.29, 0.717) is 20.8 Å². The van der Waals surface area contributed by atoms with Gasteiger partial charge in [0.25, 0.3) is 0 Å². The van der Waals surface area contributed by atoms with Crippen LogP contribution in [0.25, 0.3) is 0 Å². The Morgan fingerprint density at radius 2 is 1.74 bits per heavy atom. The lowest BCUT2D eigenvalue weighted by Gasteiger charge is -2.09. The van der Waals surface area contributed by atoms with Crippen molar-refractivity contribution >= 4 is 40.8 Å². The summed E-state index contributed by atoms with van der Waals surface area (Å²) >= 11 is 17.4. The standard InChI is InChI=1S/C13H7Cl3O3/c14-7-1-4-12(9(5-7)13(17)18)19-8-2-3-10(15)11(16)6-8/h1-6H,(H,17,18). The zero-order chi connectivity index (χ0) is 14.0. The van der Waals surface area contributed by atoms with Crippen molar-refractivity contribution in [2.75, 3.05) is 0 Å². The van der Waals surface area contributed by atoms with Gasteiger partial charge in [-0.3, -0.25) is 0 Å². The monoisotopic (exact) mass is 316 g/mol. The van der Waals surface area contributed by atoms with E-state index in [0.717, 1.165) is 0 Å². The number of aromatic carboxylic acids is 1. The van der Waals surface area contributed by atoms with Crippen molar-refractivity contribution in [2.24, 2.45) is 0 Å². The Morgan fingerprint density at radius 1 is 1.00 bits per heavy atom. The molecule has 19 heavy (non-hydrogen) atoms. The van der Waals surface area contributed by atoms with Gasteiger partial charge < -0.3 is 9.84 Å². The molecule has 0 aliphatic carbocycles. The highest BCUT2D eigenvalue weighted by atomic mass is 35.5. The number of hydrogen-bond donors (Lipinski definition) is 1. The van der Waals surface area contributed by atoms with E-state index in [1.165, 1.54) is 18.2 Å². The van der Waals surface area contributed by atoms with Crippen LogP contribution in [0.4, 0.5) is 0 Å². The number of rotatable bonds is 3. The molecule has 0 amide bonds. The summed E-state index contributed by atoms with van der Waals surface area (Å²) < 4.78 is 5.48. The van der Waals surface area contributed by atoms with Crippen molar-refractivity contribution in [1.82, 2.24) is 0 Å². The molecule has 0 spiro atoms. The van der Waals surface area contributed by atoms with E-state index in [1.54, 1.807) is 18.2 Å². The van der Waals surface area contributed by atoms with Crippen molar-refractivity contribution in [3.05, 3.63) is 57.0 Å². The molecule has 3 nitrogen and oxygen atoms in total. The van der Waals surface area contributed by atoms with E-state index in [1.807, 2.05) is 0 Å². The molecule has 0 saturated heterocycles. The number of ether oxygens (including phenoxy) is 1. The van der Waals surface area contributed by atoms with Crippen LogP contribution in [0.3, 0.4) is 0 Å². The molecule has 0 aliphatic rings. The molecule has 0 atom stereocenters. The topological polar surface area (TPSA) is 46.5 Å². The lowest BCUT2D eigenvalue weighted by molar-refractivity contribution is 0.0694. The van der Waals surface area contributed by atoms with Gasteiger partial charge in [0.15, 0.2) is 0 Å². The first-order valence-electron chi connectivity index (χ1n) is 5.13. The van der Waals surface area contributed by atoms with Gasteiger partial charge in [-0.2, -0.15) is 0 Å². The van der Waals surface area contributed by atoms with E-state index in [-0.39, 0.29) is 11.3 Å². The predicted octanol–water partition coefficient (Wildman–Crippen LogP) is 5.14. The Morgan fingerprint density at radius 3 is 2.37 bits per heavy atom. The van der Waals surface area contributed by atoms with Crippen LogP contribution in [0.1, 0.15) is 10.4 Å². The molecule has 0 unspecified atom stereocenters. The van der Waals surface area contributed by atoms with Gasteiger partial charge in [0.1, 0.15) is 17.1 Å². The summed E-state index contributed by atoms with van der Waals surface area (Å²) in [5, 5.41) is 10.1. The first kappa shape index (κ1) is 14.0. The number of carboxylic acids is 1. The zero-order valence-corrected chi connectivity index (χ0v) is 11.6. The maximum atomic E-state index is 11.1. The van der Waals surface area contributed by atoms with Gasteiger partial charge in [0.2, 0.25) is 0 Å². The molecular weight excluding hydrogens is 310 g/mol. The summed E-state index contributed by atoms with van der Waals surface area (Å²) in [4.78, 5) is 11.1. The highest BCUT2D eigenvalue weighted by Crippen LogP contribution is 2.32. The smallest absolute Gasteiger partial charge is 0.339 e. The van der Waals surface area contributed by atoms with Crippen LogP contribution in [0, 0.1) is 0 Å². The fourth-order valence-corrected chi connectivity index (χ4v) is 1.89. The molecular formula is C13H7Cl3O3. The average molecular weight is 318 g/mol. The van der Waals surface area contributed by atoms with Gasteiger partial charge in [0, 0.05) is 11.1 Å². The van der Waals surface area contributed by atoms with Gasteiger partial charge in [-0.1, -0.05) is 34.8 Å². The summed E-state index contributed by atoms with van der Waals surface area (Å²) in [6.07, 6.45) is 0. The van der Waals surface area contributed by atoms with E-state index < -0.39 is 5.97 Å². The Labute approximate surface area is 124 Å². The van der Waals surface area contributed by atoms with Crippen molar-refractivity contribution in [1.29, 1.82) is 0 Å². The minimum atomic E-state index is -1.13. The van der Waals surface area contributed by atoms with Gasteiger partial charge in [-0.25, -0.2) is 4.79 Å². The second-order valence-corrected chi connectivity index (χ2v) is 4.87. The number of carbonyl (C=O) groups is 1. The lowest BCUT2D eigenvalue weighted by Crippen LogP contribution is -1.99. The third-order valence-corrected chi connectivity index (χ3v) is 3.27. The molecule has 2 aromatic rings. The van der Waals surface area contributed by atoms with E-state index in [9.17, 15) is 4.79 Å². The highest BCUT2D eigenvalue weighted by molar-refractivity contribution is 6.42. The summed E-state index contributed by atoms with van der Waals surface area (Å²) in [7, 11) is 0. The van der Waals surface area contributed by atoms with Crippen LogP contribution in [0.15, 0.2) is 36.4 Å². The molecule has 0 aromatic heterocycles. The van der Waals surface area contributed by atoms with Gasteiger partial charge in [-0.15, -0.1) is 0 Å². The maximum Gasteiger partial charge on any atom is 0.339 e. The quantitative estimate of drug-likeness (QED) is 0.853. The summed E-state index contributed by atoms with van der Waals surface area (Å²) in [5.74, 6) is -0.563. The molecule has 6 heteroatoms. The zero-order valence-electron chi connectivity index (χ0n) is 9.36. The summed E-state index contributed by atoms with van der Waals surface area (Å²) in [5.41, 5.74) is -0.0291. The lowest BCUT2D eigenvalue weighted by atomic mass is 10.2. The normalized spacial score (nSPS) is 10.3. The Kier molecular flexibility index (Phi) is 4.20. The average Bonchev–Trinajstić information content (AvgIpc) is 2.36. The molecule has 1 N–H and O–H groups in total. The van der Waals surface area contributed by atoms with E-state index in [4.69, 9.17) is 44.6 Å². The van der Waals surface area contributed by atoms with Crippen molar-refractivity contribution in [3.8, 4) is 11.5 Å². The number of benzene rings is 2. The summed E-state index contributed by atoms with van der Waals surface area (Å²) in [6, 6.07) is 9.00.